The minimum absolute atomic E-state index is 0.0331. The predicted octanol–water partition coefficient (Wildman–Crippen LogP) is 1.80. The Morgan fingerprint density at radius 2 is 1.63 bits per heavy atom. The van der Waals surface area contributed by atoms with Gasteiger partial charge in [0.25, 0.3) is 5.56 Å². The number of hydrogen-bond acceptors (Lipinski definition) is 4. The maximum absolute atomic E-state index is 12.3. The van der Waals surface area contributed by atoms with Crippen molar-refractivity contribution in [2.24, 2.45) is 0 Å². The highest BCUT2D eigenvalue weighted by Crippen LogP contribution is 2.29. The first-order valence-electron chi connectivity index (χ1n) is 5.66. The van der Waals surface area contributed by atoms with Crippen LogP contribution in [0.15, 0.2) is 53.6 Å². The van der Waals surface area contributed by atoms with Crippen LogP contribution in [0.5, 0.6) is 11.5 Å². The Morgan fingerprint density at radius 1 is 0.947 bits per heavy atom. The summed E-state index contributed by atoms with van der Waals surface area (Å²) in [6.45, 7) is 0. The van der Waals surface area contributed by atoms with E-state index < -0.39 is 0 Å². The van der Waals surface area contributed by atoms with Crippen molar-refractivity contribution in [3.05, 3.63) is 59.1 Å². The molecular weight excluding hydrogens is 244 g/mol. The Bertz CT molecular complexity index is 804. The average molecular weight is 254 g/mol. The molecule has 2 aromatic carbocycles. The smallest absolute Gasteiger partial charge is 0.266 e. The molecule has 0 saturated carbocycles. The monoisotopic (exact) mass is 254 g/mol. The standard InChI is InChI=1S/C14H10N2O3/c17-11-6-3-7-12(18)13(11)16-8-15-10-5-2-1-4-9(10)14(16)19/h1-8,17-18H. The molecule has 0 atom stereocenters. The van der Waals surface area contributed by atoms with Crippen molar-refractivity contribution in [2.75, 3.05) is 0 Å². The van der Waals surface area contributed by atoms with Crippen LogP contribution in [0.3, 0.4) is 0 Å². The summed E-state index contributed by atoms with van der Waals surface area (Å²) in [4.78, 5) is 16.5. The fraction of sp³-hybridized carbons (Fsp3) is 0. The second-order valence-corrected chi connectivity index (χ2v) is 4.08. The average Bonchev–Trinajstić information content (AvgIpc) is 2.41. The molecule has 1 aromatic heterocycles. The highest BCUT2D eigenvalue weighted by molar-refractivity contribution is 5.77. The van der Waals surface area contributed by atoms with E-state index in [1.54, 1.807) is 24.3 Å². The van der Waals surface area contributed by atoms with Crippen LogP contribution < -0.4 is 5.56 Å². The minimum Gasteiger partial charge on any atom is -0.506 e. The number of hydrogen-bond donors (Lipinski definition) is 2. The van der Waals surface area contributed by atoms with Crippen molar-refractivity contribution in [1.82, 2.24) is 9.55 Å². The zero-order valence-electron chi connectivity index (χ0n) is 9.82. The molecule has 0 saturated heterocycles. The zero-order valence-corrected chi connectivity index (χ0v) is 9.82. The highest BCUT2D eigenvalue weighted by atomic mass is 16.3. The van der Waals surface area contributed by atoms with Crippen molar-refractivity contribution in [3.8, 4) is 17.2 Å². The van der Waals surface area contributed by atoms with E-state index in [1.165, 1.54) is 24.5 Å². The Labute approximate surface area is 108 Å². The van der Waals surface area contributed by atoms with Crippen LogP contribution in [0.25, 0.3) is 16.6 Å². The van der Waals surface area contributed by atoms with Crippen LogP contribution in [0.1, 0.15) is 0 Å². The minimum atomic E-state index is -0.345. The Kier molecular flexibility index (Phi) is 2.45. The second-order valence-electron chi connectivity index (χ2n) is 4.08. The van der Waals surface area contributed by atoms with E-state index in [-0.39, 0.29) is 22.7 Å². The summed E-state index contributed by atoms with van der Waals surface area (Å²) < 4.78 is 1.13. The number of phenols is 2. The van der Waals surface area contributed by atoms with Gasteiger partial charge in [0.2, 0.25) is 0 Å². The molecular formula is C14H10N2O3. The van der Waals surface area contributed by atoms with Gasteiger partial charge in [-0.3, -0.25) is 9.36 Å². The van der Waals surface area contributed by atoms with E-state index in [0.29, 0.717) is 10.9 Å². The van der Waals surface area contributed by atoms with Gasteiger partial charge >= 0.3 is 0 Å². The normalized spacial score (nSPS) is 10.7. The molecule has 5 nitrogen and oxygen atoms in total. The number of aromatic hydroxyl groups is 2. The lowest BCUT2D eigenvalue weighted by atomic mass is 10.2. The van der Waals surface area contributed by atoms with E-state index in [0.717, 1.165) is 4.57 Å². The van der Waals surface area contributed by atoms with Gasteiger partial charge in [-0.2, -0.15) is 0 Å². The SMILES string of the molecule is O=c1c2ccccc2ncn1-c1c(O)cccc1O. The van der Waals surface area contributed by atoms with Crippen LogP contribution in [0, 0.1) is 0 Å². The molecule has 0 amide bonds. The van der Waals surface area contributed by atoms with E-state index in [9.17, 15) is 15.0 Å². The van der Waals surface area contributed by atoms with Crippen molar-refractivity contribution in [3.63, 3.8) is 0 Å². The summed E-state index contributed by atoms with van der Waals surface area (Å²) >= 11 is 0. The molecule has 0 unspecified atom stereocenters. The largest absolute Gasteiger partial charge is 0.506 e. The third kappa shape index (κ3) is 1.72. The molecule has 0 radical (unpaired) electrons. The first-order valence-corrected chi connectivity index (χ1v) is 5.66. The van der Waals surface area contributed by atoms with Gasteiger partial charge in [-0.05, 0) is 24.3 Å². The number of phenolic OH excluding ortho intramolecular Hbond substituents is 2. The third-order valence-electron chi connectivity index (χ3n) is 2.90. The maximum atomic E-state index is 12.3. The highest BCUT2D eigenvalue weighted by Gasteiger charge is 2.12. The van der Waals surface area contributed by atoms with Gasteiger partial charge in [0.15, 0.2) is 0 Å². The molecule has 0 bridgehead atoms. The predicted molar refractivity (Wildman–Crippen MR) is 70.7 cm³/mol. The molecule has 0 aliphatic rings. The first kappa shape index (κ1) is 11.3. The number of nitrogens with zero attached hydrogens (tertiary/aromatic N) is 2. The molecule has 3 rings (SSSR count). The number of para-hydroxylation sites is 2. The van der Waals surface area contributed by atoms with Crippen LogP contribution in [-0.2, 0) is 0 Å². The van der Waals surface area contributed by atoms with Crippen LogP contribution in [-0.4, -0.2) is 19.8 Å². The summed E-state index contributed by atoms with van der Waals surface area (Å²) in [5.74, 6) is -0.363. The van der Waals surface area contributed by atoms with Crippen LogP contribution >= 0.6 is 0 Å². The molecule has 94 valence electrons. The van der Waals surface area contributed by atoms with Gasteiger partial charge in [-0.15, -0.1) is 0 Å². The molecule has 19 heavy (non-hydrogen) atoms. The fourth-order valence-corrected chi connectivity index (χ4v) is 1.99. The first-order chi connectivity index (χ1) is 9.18. The maximum Gasteiger partial charge on any atom is 0.266 e. The van der Waals surface area contributed by atoms with Crippen molar-refractivity contribution < 1.29 is 10.2 Å². The van der Waals surface area contributed by atoms with E-state index in [2.05, 4.69) is 4.98 Å². The van der Waals surface area contributed by atoms with E-state index in [1.807, 2.05) is 0 Å². The molecule has 0 aliphatic carbocycles. The van der Waals surface area contributed by atoms with Gasteiger partial charge in [-0.25, -0.2) is 4.98 Å². The Hall–Kier alpha value is -2.82. The summed E-state index contributed by atoms with van der Waals surface area (Å²) in [7, 11) is 0. The lowest BCUT2D eigenvalue weighted by Gasteiger charge is -2.10. The summed E-state index contributed by atoms with van der Waals surface area (Å²) in [6.07, 6.45) is 1.29. The van der Waals surface area contributed by atoms with Crippen molar-refractivity contribution >= 4 is 10.9 Å². The van der Waals surface area contributed by atoms with Gasteiger partial charge in [0, 0.05) is 0 Å². The summed E-state index contributed by atoms with van der Waals surface area (Å²) in [5.41, 5.74) is 0.256. The van der Waals surface area contributed by atoms with Crippen LogP contribution in [0.2, 0.25) is 0 Å². The molecule has 5 heteroatoms. The molecule has 0 fully saturated rings. The van der Waals surface area contributed by atoms with E-state index >= 15 is 0 Å². The summed E-state index contributed by atoms with van der Waals surface area (Å²) in [5, 5.41) is 20.0. The van der Waals surface area contributed by atoms with Gasteiger partial charge in [0.1, 0.15) is 23.5 Å². The molecule has 0 aliphatic heterocycles. The second kappa shape index (κ2) is 4.13. The van der Waals surface area contributed by atoms with Gasteiger partial charge in [-0.1, -0.05) is 18.2 Å². The van der Waals surface area contributed by atoms with Gasteiger partial charge < -0.3 is 10.2 Å². The number of fused-ring (bicyclic) bond motifs is 1. The van der Waals surface area contributed by atoms with Crippen molar-refractivity contribution in [1.29, 1.82) is 0 Å². The van der Waals surface area contributed by atoms with Crippen LogP contribution in [0.4, 0.5) is 0 Å². The Balaban J connectivity index is 2.39. The lowest BCUT2D eigenvalue weighted by Crippen LogP contribution is -2.18. The zero-order chi connectivity index (χ0) is 13.4. The Morgan fingerprint density at radius 3 is 2.37 bits per heavy atom. The lowest BCUT2D eigenvalue weighted by molar-refractivity contribution is 0.444. The fourth-order valence-electron chi connectivity index (χ4n) is 1.99. The summed E-state index contributed by atoms with van der Waals surface area (Å²) in [6, 6.07) is 11.2. The topological polar surface area (TPSA) is 75.4 Å². The van der Waals surface area contributed by atoms with Gasteiger partial charge in [0.05, 0.1) is 10.9 Å². The molecule has 3 aromatic rings. The van der Waals surface area contributed by atoms with E-state index in [4.69, 9.17) is 0 Å². The number of benzene rings is 2. The number of aromatic nitrogens is 2. The quantitative estimate of drug-likeness (QED) is 0.694. The molecule has 0 spiro atoms. The molecule has 1 heterocycles. The number of rotatable bonds is 1. The molecule has 2 N–H and O–H groups in total. The third-order valence-corrected chi connectivity index (χ3v) is 2.90. The van der Waals surface area contributed by atoms with Crippen molar-refractivity contribution in [2.45, 2.75) is 0 Å².